The van der Waals surface area contributed by atoms with E-state index < -0.39 is 11.6 Å². The van der Waals surface area contributed by atoms with Gasteiger partial charge in [-0.1, -0.05) is 29.3 Å². The highest BCUT2D eigenvalue weighted by Crippen LogP contribution is 2.18. The molecule has 0 saturated heterocycles. The Morgan fingerprint density at radius 3 is 2.00 bits per heavy atom. The van der Waals surface area contributed by atoms with E-state index in [0.717, 1.165) is 0 Å². The molecule has 96 valence electrons. The lowest BCUT2D eigenvalue weighted by Crippen LogP contribution is -1.89. The zero-order valence-corrected chi connectivity index (χ0v) is 10.6. The summed E-state index contributed by atoms with van der Waals surface area (Å²) in [5.41, 5.74) is 11.0. The molecule has 0 radical (unpaired) electrons. The molecule has 2 rings (SSSR count). The molecule has 0 saturated carbocycles. The Morgan fingerprint density at radius 1 is 0.889 bits per heavy atom. The Hall–Kier alpha value is -1.52. The molecule has 0 atom stereocenters. The molecule has 0 heterocycles. The van der Waals surface area contributed by atoms with Crippen LogP contribution in [0.25, 0.3) is 0 Å². The van der Waals surface area contributed by atoms with Gasteiger partial charge in [0.15, 0.2) is 5.82 Å². The van der Waals surface area contributed by atoms with E-state index in [-0.39, 0.29) is 15.7 Å². The fourth-order valence-electron chi connectivity index (χ4n) is 1.03. The van der Waals surface area contributed by atoms with Crippen molar-refractivity contribution < 1.29 is 8.78 Å². The largest absolute Gasteiger partial charge is 0.399 e. The molecule has 0 aromatic heterocycles. The second-order valence-electron chi connectivity index (χ2n) is 3.32. The molecule has 6 heteroatoms. The van der Waals surface area contributed by atoms with E-state index in [4.69, 9.17) is 34.7 Å². The van der Waals surface area contributed by atoms with Crippen LogP contribution in [0.1, 0.15) is 0 Å². The smallest absolute Gasteiger partial charge is 0.164 e. The van der Waals surface area contributed by atoms with Gasteiger partial charge in [0.2, 0.25) is 0 Å². The predicted molar refractivity (Wildman–Crippen MR) is 71.6 cm³/mol. The van der Waals surface area contributed by atoms with Crippen molar-refractivity contribution in [1.82, 2.24) is 0 Å². The molecular weight excluding hydrogens is 281 g/mol. The van der Waals surface area contributed by atoms with Crippen molar-refractivity contribution in [2.75, 3.05) is 11.5 Å². The van der Waals surface area contributed by atoms with Gasteiger partial charge in [0.1, 0.15) is 5.82 Å². The standard InChI is InChI=1S/2C6H5ClFN/c7-5-3-4(9)1-2-6(5)8;7-4-2-1-3-5(9)6(4)8/h2*1-3H,9H2. The van der Waals surface area contributed by atoms with Crippen LogP contribution in [0.3, 0.4) is 0 Å². The van der Waals surface area contributed by atoms with E-state index in [0.29, 0.717) is 5.69 Å². The number of benzene rings is 2. The molecule has 0 fully saturated rings. The maximum absolute atomic E-state index is 12.5. The van der Waals surface area contributed by atoms with Crippen molar-refractivity contribution in [3.05, 3.63) is 58.1 Å². The maximum atomic E-state index is 12.5. The second kappa shape index (κ2) is 6.42. The summed E-state index contributed by atoms with van der Waals surface area (Å²) in [6, 6.07) is 8.57. The van der Waals surface area contributed by atoms with Gasteiger partial charge in [-0.25, -0.2) is 8.78 Å². The third kappa shape index (κ3) is 4.05. The van der Waals surface area contributed by atoms with E-state index in [1.807, 2.05) is 0 Å². The van der Waals surface area contributed by atoms with Crippen LogP contribution < -0.4 is 11.5 Å². The molecule has 4 N–H and O–H groups in total. The summed E-state index contributed by atoms with van der Waals surface area (Å²) in [4.78, 5) is 0. The minimum absolute atomic E-state index is 0.0648. The first-order valence-electron chi connectivity index (χ1n) is 4.82. The molecule has 0 aliphatic carbocycles. The normalized spacial score (nSPS) is 9.56. The Bertz CT molecular complexity index is 527. The monoisotopic (exact) mass is 290 g/mol. The van der Waals surface area contributed by atoms with Crippen LogP contribution in [-0.2, 0) is 0 Å². The van der Waals surface area contributed by atoms with Gasteiger partial charge in [0.05, 0.1) is 15.7 Å². The summed E-state index contributed by atoms with van der Waals surface area (Å²) < 4.78 is 24.8. The van der Waals surface area contributed by atoms with Crippen molar-refractivity contribution in [2.45, 2.75) is 0 Å². The average molecular weight is 291 g/mol. The number of nitrogen functional groups attached to an aromatic ring is 2. The molecule has 0 aliphatic heterocycles. The summed E-state index contributed by atoms with van der Waals surface area (Å²) in [6.07, 6.45) is 0. The molecule has 0 bridgehead atoms. The second-order valence-corrected chi connectivity index (χ2v) is 4.13. The molecule has 0 unspecified atom stereocenters. The van der Waals surface area contributed by atoms with Crippen LogP contribution in [0.2, 0.25) is 10.0 Å². The zero-order valence-electron chi connectivity index (χ0n) is 9.13. The van der Waals surface area contributed by atoms with Crippen LogP contribution in [-0.4, -0.2) is 0 Å². The molecular formula is C12H10Cl2F2N2. The highest BCUT2D eigenvalue weighted by molar-refractivity contribution is 6.31. The minimum atomic E-state index is -0.542. The number of anilines is 2. The molecule has 0 spiro atoms. The zero-order chi connectivity index (χ0) is 13.7. The van der Waals surface area contributed by atoms with Gasteiger partial charge >= 0.3 is 0 Å². The maximum Gasteiger partial charge on any atom is 0.164 e. The quantitative estimate of drug-likeness (QED) is 0.717. The van der Waals surface area contributed by atoms with Crippen molar-refractivity contribution >= 4 is 34.6 Å². The van der Waals surface area contributed by atoms with E-state index in [2.05, 4.69) is 0 Å². The van der Waals surface area contributed by atoms with Gasteiger partial charge in [-0.15, -0.1) is 0 Å². The van der Waals surface area contributed by atoms with Gasteiger partial charge in [-0.3, -0.25) is 0 Å². The lowest BCUT2D eigenvalue weighted by Gasteiger charge is -1.94. The number of hydrogen-bond donors (Lipinski definition) is 2. The van der Waals surface area contributed by atoms with Crippen LogP contribution >= 0.6 is 23.2 Å². The first-order chi connectivity index (χ1) is 8.41. The third-order valence-electron chi connectivity index (χ3n) is 1.93. The average Bonchev–Trinajstić information content (AvgIpc) is 2.32. The lowest BCUT2D eigenvalue weighted by molar-refractivity contribution is 0.628. The highest BCUT2D eigenvalue weighted by atomic mass is 35.5. The van der Waals surface area contributed by atoms with Crippen molar-refractivity contribution in [3.63, 3.8) is 0 Å². The first-order valence-corrected chi connectivity index (χ1v) is 5.57. The van der Waals surface area contributed by atoms with Crippen LogP contribution in [0.4, 0.5) is 20.2 Å². The molecule has 2 aromatic rings. The van der Waals surface area contributed by atoms with E-state index in [9.17, 15) is 8.78 Å². The molecule has 0 amide bonds. The van der Waals surface area contributed by atoms with Gasteiger partial charge in [0, 0.05) is 5.69 Å². The Morgan fingerprint density at radius 2 is 1.56 bits per heavy atom. The summed E-state index contributed by atoms with van der Waals surface area (Å²) >= 11 is 10.7. The topological polar surface area (TPSA) is 52.0 Å². The number of hydrogen-bond acceptors (Lipinski definition) is 2. The fraction of sp³-hybridized carbons (Fsp3) is 0. The molecule has 0 aliphatic rings. The Balaban J connectivity index is 0.000000180. The van der Waals surface area contributed by atoms with Gasteiger partial charge in [-0.05, 0) is 30.3 Å². The first kappa shape index (κ1) is 14.5. The van der Waals surface area contributed by atoms with E-state index >= 15 is 0 Å². The van der Waals surface area contributed by atoms with Crippen molar-refractivity contribution in [1.29, 1.82) is 0 Å². The van der Waals surface area contributed by atoms with Crippen molar-refractivity contribution in [2.24, 2.45) is 0 Å². The van der Waals surface area contributed by atoms with Gasteiger partial charge < -0.3 is 11.5 Å². The lowest BCUT2D eigenvalue weighted by atomic mass is 10.3. The van der Waals surface area contributed by atoms with Gasteiger partial charge in [-0.2, -0.15) is 0 Å². The molecule has 2 nitrogen and oxygen atoms in total. The predicted octanol–water partition coefficient (Wildman–Crippen LogP) is 4.12. The van der Waals surface area contributed by atoms with Crippen LogP contribution in [0.15, 0.2) is 36.4 Å². The number of halogens is 4. The summed E-state index contributed by atoms with van der Waals surface area (Å²) in [6.45, 7) is 0. The number of rotatable bonds is 0. The van der Waals surface area contributed by atoms with Gasteiger partial charge in [0.25, 0.3) is 0 Å². The minimum Gasteiger partial charge on any atom is -0.399 e. The van der Waals surface area contributed by atoms with Crippen molar-refractivity contribution in [3.8, 4) is 0 Å². The summed E-state index contributed by atoms with van der Waals surface area (Å²) in [5, 5.41) is 0.130. The summed E-state index contributed by atoms with van der Waals surface area (Å²) in [5.74, 6) is -0.981. The van der Waals surface area contributed by atoms with Crippen LogP contribution in [0, 0.1) is 11.6 Å². The highest BCUT2D eigenvalue weighted by Gasteiger charge is 1.99. The fourth-order valence-corrected chi connectivity index (χ4v) is 1.40. The van der Waals surface area contributed by atoms with E-state index in [1.54, 1.807) is 6.07 Å². The third-order valence-corrected chi connectivity index (χ3v) is 2.51. The molecule has 2 aromatic carbocycles. The van der Waals surface area contributed by atoms with Crippen LogP contribution in [0.5, 0.6) is 0 Å². The number of nitrogens with two attached hydrogens (primary N) is 2. The summed E-state index contributed by atoms with van der Waals surface area (Å²) in [7, 11) is 0. The van der Waals surface area contributed by atoms with E-state index in [1.165, 1.54) is 30.3 Å². The molecule has 18 heavy (non-hydrogen) atoms. The SMILES string of the molecule is Nc1ccc(F)c(Cl)c1.Nc1cccc(Cl)c1F. The Kier molecular flexibility index (Phi) is 5.19. The Labute approximate surface area is 113 Å².